The molecule has 4 atom stereocenters. The molecule has 0 aromatic heterocycles. The lowest BCUT2D eigenvalue weighted by Crippen LogP contribution is -2.51. The third-order valence-electron chi connectivity index (χ3n) is 8.92. The topological polar surface area (TPSA) is 110 Å². The van der Waals surface area contributed by atoms with E-state index in [1.807, 2.05) is 48.2 Å². The molecule has 4 aromatic rings. The van der Waals surface area contributed by atoms with Gasteiger partial charge in [-0.05, 0) is 42.3 Å². The Balaban J connectivity index is 1.56. The summed E-state index contributed by atoms with van der Waals surface area (Å²) in [6.07, 6.45) is 1.96. The van der Waals surface area contributed by atoms with Crippen molar-refractivity contribution in [2.45, 2.75) is 24.4 Å². The van der Waals surface area contributed by atoms with Crippen LogP contribution in [0.1, 0.15) is 38.8 Å². The zero-order valence-electron chi connectivity index (χ0n) is 22.9. The first-order valence-electron chi connectivity index (χ1n) is 13.8. The Morgan fingerprint density at radius 2 is 1.65 bits per heavy atom. The van der Waals surface area contributed by atoms with Crippen molar-refractivity contribution in [3.8, 4) is 0 Å². The van der Waals surface area contributed by atoms with Crippen molar-refractivity contribution in [2.24, 2.45) is 5.92 Å². The Bertz CT molecular complexity index is 1920. The fraction of sp³-hybridized carbons (Fsp3) is 0.147. The van der Waals surface area contributed by atoms with Gasteiger partial charge in [0.15, 0.2) is 11.6 Å². The van der Waals surface area contributed by atoms with Crippen molar-refractivity contribution in [1.29, 1.82) is 0 Å². The fourth-order valence-electron chi connectivity index (χ4n) is 7.16. The van der Waals surface area contributed by atoms with Gasteiger partial charge in [0.2, 0.25) is 5.91 Å². The van der Waals surface area contributed by atoms with Gasteiger partial charge in [-0.1, -0.05) is 78.3 Å². The van der Waals surface area contributed by atoms with Crippen molar-refractivity contribution < 1.29 is 19.3 Å². The van der Waals surface area contributed by atoms with Crippen LogP contribution in [0, 0.1) is 16.0 Å². The van der Waals surface area contributed by atoms with E-state index in [0.717, 1.165) is 11.1 Å². The highest BCUT2D eigenvalue weighted by Crippen LogP contribution is 2.59. The van der Waals surface area contributed by atoms with E-state index < -0.39 is 45.8 Å². The molecular weight excluding hydrogens is 566 g/mol. The number of fused-ring (bicyclic) bond motifs is 6. The average Bonchev–Trinajstić information content (AvgIpc) is 3.49. The smallest absolute Gasteiger partial charge is 0.270 e. The van der Waals surface area contributed by atoms with E-state index in [1.165, 1.54) is 24.3 Å². The lowest BCUT2D eigenvalue weighted by atomic mass is 9.64. The number of carbonyl (C=O) groups excluding carboxylic acids is 3. The van der Waals surface area contributed by atoms with Gasteiger partial charge in [0.05, 0.1) is 21.9 Å². The number of hydrogen-bond donors (Lipinski definition) is 1. The van der Waals surface area contributed by atoms with Crippen LogP contribution >= 0.6 is 11.6 Å². The second-order valence-corrected chi connectivity index (χ2v) is 11.4. The van der Waals surface area contributed by atoms with Crippen LogP contribution in [-0.2, 0) is 10.2 Å². The van der Waals surface area contributed by atoms with Crippen LogP contribution in [0.2, 0.25) is 5.02 Å². The van der Waals surface area contributed by atoms with Gasteiger partial charge in [0.25, 0.3) is 5.69 Å². The molecule has 1 amide bonds. The number of allylic oxidation sites excluding steroid dienone is 1. The monoisotopic (exact) mass is 589 g/mol. The molecular formula is C34H24ClN3O5. The van der Waals surface area contributed by atoms with Gasteiger partial charge < -0.3 is 10.2 Å². The average molecular weight is 590 g/mol. The summed E-state index contributed by atoms with van der Waals surface area (Å²) in [5.74, 6) is -2.64. The minimum atomic E-state index is -1.53. The molecule has 0 radical (unpaired) electrons. The van der Waals surface area contributed by atoms with Gasteiger partial charge in [0, 0.05) is 40.2 Å². The number of nitrogens with one attached hydrogen (secondary N) is 1. The summed E-state index contributed by atoms with van der Waals surface area (Å²) in [5.41, 5.74) is 2.11. The quantitative estimate of drug-likeness (QED) is 0.162. The highest BCUT2D eigenvalue weighted by molar-refractivity contribution is 6.34. The molecule has 3 aliphatic heterocycles. The van der Waals surface area contributed by atoms with E-state index in [0.29, 0.717) is 16.9 Å². The first-order valence-corrected chi connectivity index (χ1v) is 14.2. The highest BCUT2D eigenvalue weighted by Gasteiger charge is 2.70. The molecule has 0 aliphatic carbocycles. The predicted octanol–water partition coefficient (Wildman–Crippen LogP) is 6.49. The summed E-state index contributed by atoms with van der Waals surface area (Å²) in [4.78, 5) is 57.1. The second-order valence-electron chi connectivity index (χ2n) is 11.0. The maximum absolute atomic E-state index is 14.9. The number of Topliss-reactive ketones (excluding diaryl/α,β-unsaturated/α-hetero) is 2. The number of benzene rings is 4. The standard InChI is InChI=1S/C34H24ClN3O5/c1-19-17-28-34(24-13-4-6-15-26(24)36-33(34)41)29(31(39)20-9-8-10-21(18-20)38(42)43)30(32(40)23-12-2-5-14-25(23)35)37(28)27-16-7-3-11-22(19)27/h2-18,28-30H,1H3,(H,36,41)/t28-,29+,30-,34+/m1/s1. The molecule has 1 fully saturated rings. The number of para-hydroxylation sites is 2. The predicted molar refractivity (Wildman–Crippen MR) is 164 cm³/mol. The number of nitro benzene ring substituents is 1. The number of non-ortho nitro benzene ring substituents is 1. The summed E-state index contributed by atoms with van der Waals surface area (Å²) < 4.78 is 0. The number of hydrogen-bond acceptors (Lipinski definition) is 6. The summed E-state index contributed by atoms with van der Waals surface area (Å²) in [5, 5.41) is 14.9. The fourth-order valence-corrected chi connectivity index (χ4v) is 7.39. The molecule has 3 heterocycles. The van der Waals surface area contributed by atoms with Crippen molar-refractivity contribution in [3.63, 3.8) is 0 Å². The number of anilines is 2. The maximum atomic E-state index is 14.9. The number of nitro groups is 1. The van der Waals surface area contributed by atoms with Crippen LogP contribution in [0.3, 0.4) is 0 Å². The number of carbonyl (C=O) groups is 3. The number of rotatable bonds is 5. The van der Waals surface area contributed by atoms with Crippen molar-refractivity contribution in [3.05, 3.63) is 141 Å². The zero-order chi connectivity index (χ0) is 30.0. The van der Waals surface area contributed by atoms with E-state index in [1.54, 1.807) is 42.5 Å². The Morgan fingerprint density at radius 1 is 0.930 bits per heavy atom. The van der Waals surface area contributed by atoms with Gasteiger partial charge in [-0.15, -0.1) is 0 Å². The van der Waals surface area contributed by atoms with E-state index in [9.17, 15) is 24.5 Å². The molecule has 1 spiro atoms. The van der Waals surface area contributed by atoms with Crippen LogP contribution in [0.5, 0.6) is 0 Å². The first-order chi connectivity index (χ1) is 20.7. The molecule has 1 N–H and O–H groups in total. The molecule has 0 saturated carbocycles. The van der Waals surface area contributed by atoms with Crippen molar-refractivity contribution >= 4 is 51.7 Å². The van der Waals surface area contributed by atoms with Gasteiger partial charge in [-0.2, -0.15) is 0 Å². The molecule has 7 rings (SSSR count). The minimum absolute atomic E-state index is 0.0431. The highest BCUT2D eigenvalue weighted by atomic mass is 35.5. The van der Waals surface area contributed by atoms with Crippen molar-refractivity contribution in [2.75, 3.05) is 10.2 Å². The van der Waals surface area contributed by atoms with E-state index in [-0.39, 0.29) is 21.8 Å². The Kier molecular flexibility index (Phi) is 6.07. The number of ketones is 2. The third-order valence-corrected chi connectivity index (χ3v) is 9.25. The SMILES string of the molecule is CC1=C[C@H]2N(c3ccccc31)[C@@H](C(=O)c1ccccc1Cl)[C@@H](C(=O)c1cccc([N+](=O)[O-])c1)[C@@]21C(=O)Nc2ccccc21. The molecule has 4 aromatic carbocycles. The molecule has 1 saturated heterocycles. The lowest BCUT2D eigenvalue weighted by Gasteiger charge is -2.39. The lowest BCUT2D eigenvalue weighted by molar-refractivity contribution is -0.384. The van der Waals surface area contributed by atoms with Gasteiger partial charge in [0.1, 0.15) is 11.5 Å². The Hall–Kier alpha value is -5.08. The Labute approximate surface area is 251 Å². The zero-order valence-corrected chi connectivity index (χ0v) is 23.6. The number of halogens is 1. The summed E-state index contributed by atoms with van der Waals surface area (Å²) in [6.45, 7) is 1.95. The van der Waals surface area contributed by atoms with Crippen LogP contribution < -0.4 is 10.2 Å². The van der Waals surface area contributed by atoms with Gasteiger partial charge >= 0.3 is 0 Å². The van der Waals surface area contributed by atoms with Crippen LogP contribution in [0.15, 0.2) is 103 Å². The molecule has 9 heteroatoms. The summed E-state index contributed by atoms with van der Waals surface area (Å²) in [7, 11) is 0. The summed E-state index contributed by atoms with van der Waals surface area (Å²) in [6, 6.07) is 25.0. The molecule has 3 aliphatic rings. The van der Waals surface area contributed by atoms with E-state index >= 15 is 0 Å². The van der Waals surface area contributed by atoms with Crippen molar-refractivity contribution in [1.82, 2.24) is 0 Å². The largest absolute Gasteiger partial charge is 0.352 e. The molecule has 8 nitrogen and oxygen atoms in total. The molecule has 0 unspecified atom stereocenters. The van der Waals surface area contributed by atoms with Crippen LogP contribution in [-0.4, -0.2) is 34.5 Å². The minimum Gasteiger partial charge on any atom is -0.352 e. The second kappa shape index (κ2) is 9.74. The van der Waals surface area contributed by atoms with Crippen LogP contribution in [0.4, 0.5) is 17.1 Å². The van der Waals surface area contributed by atoms with Gasteiger partial charge in [-0.25, -0.2) is 0 Å². The summed E-state index contributed by atoms with van der Waals surface area (Å²) >= 11 is 6.57. The first kappa shape index (κ1) is 26.8. The molecule has 43 heavy (non-hydrogen) atoms. The third kappa shape index (κ3) is 3.73. The maximum Gasteiger partial charge on any atom is 0.270 e. The van der Waals surface area contributed by atoms with E-state index in [4.69, 9.17) is 11.6 Å². The number of amides is 1. The molecule has 212 valence electrons. The van der Waals surface area contributed by atoms with E-state index in [2.05, 4.69) is 5.32 Å². The van der Waals surface area contributed by atoms with Gasteiger partial charge in [-0.3, -0.25) is 24.5 Å². The van der Waals surface area contributed by atoms with Crippen LogP contribution in [0.25, 0.3) is 5.57 Å². The Morgan fingerprint density at radius 3 is 2.44 bits per heavy atom. The number of nitrogens with zero attached hydrogens (tertiary/aromatic N) is 2. The molecule has 0 bridgehead atoms. The normalized spacial score (nSPS) is 23.2.